The molecule has 1 aromatic carbocycles. The molecule has 0 spiro atoms. The lowest BCUT2D eigenvalue weighted by molar-refractivity contribution is -0.143. The van der Waals surface area contributed by atoms with Crippen LogP contribution in [0.2, 0.25) is 0 Å². The van der Waals surface area contributed by atoms with Gasteiger partial charge in [-0.25, -0.2) is 0 Å². The number of aliphatic imine (C=N–C) groups is 1. The van der Waals surface area contributed by atoms with Crippen molar-refractivity contribution < 1.29 is 17.7 Å². The summed E-state index contributed by atoms with van der Waals surface area (Å²) in [5.74, 6) is 1.79. The molecule has 1 saturated heterocycles. The average molecular weight is 424 g/mol. The molecule has 2 aromatic rings. The minimum Gasteiger partial charge on any atom is -0.356 e. The van der Waals surface area contributed by atoms with Crippen LogP contribution in [0.4, 0.5) is 13.2 Å². The summed E-state index contributed by atoms with van der Waals surface area (Å²) in [6.07, 6.45) is -2.00. The number of likely N-dealkylation sites (tertiary alicyclic amines) is 1. The van der Waals surface area contributed by atoms with Gasteiger partial charge in [0, 0.05) is 44.7 Å². The number of guanidine groups is 1. The van der Waals surface area contributed by atoms with E-state index in [1.807, 2.05) is 31.2 Å². The second-order valence-corrected chi connectivity index (χ2v) is 7.30. The van der Waals surface area contributed by atoms with Crippen LogP contribution in [0, 0.1) is 0 Å². The van der Waals surface area contributed by atoms with Crippen molar-refractivity contribution in [3.8, 4) is 11.5 Å². The van der Waals surface area contributed by atoms with Crippen LogP contribution in [-0.2, 0) is 12.8 Å². The molecule has 1 fully saturated rings. The maximum Gasteiger partial charge on any atom is 0.401 e. The van der Waals surface area contributed by atoms with E-state index in [0.717, 1.165) is 24.0 Å². The lowest BCUT2D eigenvalue weighted by atomic mass is 10.1. The van der Waals surface area contributed by atoms with Crippen molar-refractivity contribution in [2.24, 2.45) is 4.99 Å². The summed E-state index contributed by atoms with van der Waals surface area (Å²) in [6, 6.07) is 7.87. The van der Waals surface area contributed by atoms with E-state index >= 15 is 0 Å². The third-order valence-electron chi connectivity index (χ3n) is 4.93. The van der Waals surface area contributed by atoms with Gasteiger partial charge in [-0.15, -0.1) is 0 Å². The summed E-state index contributed by atoms with van der Waals surface area (Å²) in [6.45, 7) is 2.55. The van der Waals surface area contributed by atoms with Gasteiger partial charge in [0.05, 0.1) is 6.54 Å². The summed E-state index contributed by atoms with van der Waals surface area (Å²) in [7, 11) is 1.65. The summed E-state index contributed by atoms with van der Waals surface area (Å²) in [4.78, 5) is 9.91. The zero-order valence-corrected chi connectivity index (χ0v) is 17.2. The fraction of sp³-hybridized carbons (Fsp3) is 0.550. The zero-order chi connectivity index (χ0) is 21.6. The van der Waals surface area contributed by atoms with E-state index in [4.69, 9.17) is 4.52 Å². The Labute approximate surface area is 173 Å². The first kappa shape index (κ1) is 22.1. The highest BCUT2D eigenvalue weighted by molar-refractivity contribution is 5.80. The van der Waals surface area contributed by atoms with Gasteiger partial charge in [-0.3, -0.25) is 9.89 Å². The fourth-order valence-electron chi connectivity index (χ4n) is 3.39. The van der Waals surface area contributed by atoms with E-state index in [1.165, 1.54) is 4.90 Å². The van der Waals surface area contributed by atoms with E-state index in [0.29, 0.717) is 43.7 Å². The highest BCUT2D eigenvalue weighted by Crippen LogP contribution is 2.20. The van der Waals surface area contributed by atoms with Gasteiger partial charge in [0.2, 0.25) is 0 Å². The molecule has 1 aliphatic rings. The molecule has 1 unspecified atom stereocenters. The predicted molar refractivity (Wildman–Crippen MR) is 108 cm³/mol. The number of aromatic nitrogens is 2. The molecule has 0 aliphatic carbocycles. The van der Waals surface area contributed by atoms with Crippen molar-refractivity contribution in [2.45, 2.75) is 38.4 Å². The number of benzene rings is 1. The molecule has 1 atom stereocenters. The van der Waals surface area contributed by atoms with E-state index in [9.17, 15) is 13.2 Å². The molecule has 164 valence electrons. The second-order valence-electron chi connectivity index (χ2n) is 7.30. The fourth-order valence-corrected chi connectivity index (χ4v) is 3.39. The van der Waals surface area contributed by atoms with Crippen LogP contribution >= 0.6 is 0 Å². The molecule has 2 N–H and O–H groups in total. The highest BCUT2D eigenvalue weighted by Gasteiger charge is 2.34. The first-order chi connectivity index (χ1) is 14.4. The predicted octanol–water partition coefficient (Wildman–Crippen LogP) is 2.64. The van der Waals surface area contributed by atoms with E-state index < -0.39 is 12.7 Å². The standard InChI is InChI=1S/C20H27F3N6O/c1-3-17-27-18(30-28-17)15-6-4-14(5-7-15)8-10-25-19(24-2)26-16-9-11-29(12-16)13-20(21,22)23/h4-7,16H,3,8-13H2,1-2H3,(H2,24,25,26). The van der Waals surface area contributed by atoms with Gasteiger partial charge in [0.1, 0.15) is 0 Å². The summed E-state index contributed by atoms with van der Waals surface area (Å²) >= 11 is 0. The Morgan fingerprint density at radius 1 is 1.30 bits per heavy atom. The zero-order valence-electron chi connectivity index (χ0n) is 17.2. The smallest absolute Gasteiger partial charge is 0.356 e. The SMILES string of the molecule is CCc1noc(-c2ccc(CCNC(=NC)NC3CCN(CC(F)(F)F)C3)cc2)n1. The van der Waals surface area contributed by atoms with Gasteiger partial charge in [-0.1, -0.05) is 24.2 Å². The minimum absolute atomic E-state index is 0.0414. The van der Waals surface area contributed by atoms with Gasteiger partial charge in [0.15, 0.2) is 11.8 Å². The lowest BCUT2D eigenvalue weighted by Crippen LogP contribution is -2.45. The Kier molecular flexibility index (Phi) is 7.30. The Morgan fingerprint density at radius 3 is 2.70 bits per heavy atom. The molecule has 2 heterocycles. The molecule has 0 radical (unpaired) electrons. The molecule has 3 rings (SSSR count). The monoisotopic (exact) mass is 424 g/mol. The first-order valence-electron chi connectivity index (χ1n) is 10.0. The quantitative estimate of drug-likeness (QED) is 0.526. The van der Waals surface area contributed by atoms with Crippen molar-refractivity contribution in [2.75, 3.05) is 33.2 Å². The van der Waals surface area contributed by atoms with Crippen LogP contribution in [0.5, 0.6) is 0 Å². The van der Waals surface area contributed by atoms with Gasteiger partial charge in [0.25, 0.3) is 5.89 Å². The van der Waals surface area contributed by atoms with Crippen molar-refractivity contribution in [3.63, 3.8) is 0 Å². The molecule has 0 saturated carbocycles. The third-order valence-corrected chi connectivity index (χ3v) is 4.93. The van der Waals surface area contributed by atoms with Gasteiger partial charge in [-0.2, -0.15) is 18.2 Å². The number of halogens is 3. The van der Waals surface area contributed by atoms with Crippen molar-refractivity contribution in [1.82, 2.24) is 25.7 Å². The van der Waals surface area contributed by atoms with Crippen molar-refractivity contribution >= 4 is 5.96 Å². The molecule has 1 aromatic heterocycles. The van der Waals surface area contributed by atoms with E-state index in [-0.39, 0.29) is 6.04 Å². The maximum absolute atomic E-state index is 12.5. The Bertz CT molecular complexity index is 834. The minimum atomic E-state index is -4.16. The molecular formula is C20H27F3N6O. The normalized spacial score (nSPS) is 18.0. The third kappa shape index (κ3) is 6.45. The summed E-state index contributed by atoms with van der Waals surface area (Å²) < 4.78 is 42.8. The van der Waals surface area contributed by atoms with Crippen LogP contribution in [0.3, 0.4) is 0 Å². The van der Waals surface area contributed by atoms with Crippen molar-refractivity contribution in [3.05, 3.63) is 35.7 Å². The van der Waals surface area contributed by atoms with Crippen LogP contribution in [0.15, 0.2) is 33.8 Å². The number of nitrogens with one attached hydrogen (secondary N) is 2. The molecule has 7 nitrogen and oxygen atoms in total. The number of rotatable bonds is 7. The van der Waals surface area contributed by atoms with Gasteiger partial charge >= 0.3 is 6.18 Å². The van der Waals surface area contributed by atoms with Crippen LogP contribution in [0.25, 0.3) is 11.5 Å². The summed E-state index contributed by atoms with van der Waals surface area (Å²) in [5, 5.41) is 10.3. The summed E-state index contributed by atoms with van der Waals surface area (Å²) in [5.41, 5.74) is 2.01. The number of aryl methyl sites for hydroxylation is 1. The molecule has 30 heavy (non-hydrogen) atoms. The van der Waals surface area contributed by atoms with Crippen LogP contribution < -0.4 is 10.6 Å². The van der Waals surface area contributed by atoms with E-state index in [1.54, 1.807) is 7.05 Å². The van der Waals surface area contributed by atoms with Gasteiger partial charge in [-0.05, 0) is 30.5 Å². The second kappa shape index (κ2) is 9.92. The molecular weight excluding hydrogens is 397 g/mol. The largest absolute Gasteiger partial charge is 0.401 e. The maximum atomic E-state index is 12.5. The Balaban J connectivity index is 1.42. The molecule has 10 heteroatoms. The van der Waals surface area contributed by atoms with Crippen LogP contribution in [-0.4, -0.2) is 66.4 Å². The Morgan fingerprint density at radius 2 is 2.07 bits per heavy atom. The molecule has 0 amide bonds. The molecule has 1 aliphatic heterocycles. The van der Waals surface area contributed by atoms with Crippen LogP contribution in [0.1, 0.15) is 24.7 Å². The van der Waals surface area contributed by atoms with Gasteiger partial charge < -0.3 is 15.2 Å². The Hall–Kier alpha value is -2.62. The van der Waals surface area contributed by atoms with Crippen molar-refractivity contribution in [1.29, 1.82) is 0 Å². The number of nitrogens with zero attached hydrogens (tertiary/aromatic N) is 4. The number of alkyl halides is 3. The number of hydrogen-bond acceptors (Lipinski definition) is 5. The topological polar surface area (TPSA) is 78.6 Å². The number of hydrogen-bond donors (Lipinski definition) is 2. The first-order valence-corrected chi connectivity index (χ1v) is 10.0. The average Bonchev–Trinajstić information content (AvgIpc) is 3.36. The molecule has 0 bridgehead atoms. The highest BCUT2D eigenvalue weighted by atomic mass is 19.4. The lowest BCUT2D eigenvalue weighted by Gasteiger charge is -2.19. The van der Waals surface area contributed by atoms with E-state index in [2.05, 4.69) is 25.8 Å².